The predicted molar refractivity (Wildman–Crippen MR) is 93.8 cm³/mol. The molecule has 0 fully saturated rings. The summed E-state index contributed by atoms with van der Waals surface area (Å²) in [7, 11) is -4.38. The van der Waals surface area contributed by atoms with E-state index in [4.69, 9.17) is 16.7 Å². The number of carbonyl (C=O) groups excluding carboxylic acids is 1. The lowest BCUT2D eigenvalue weighted by Gasteiger charge is -2.19. The molecule has 0 saturated carbocycles. The van der Waals surface area contributed by atoms with Crippen LogP contribution in [-0.4, -0.2) is 37.8 Å². The van der Waals surface area contributed by atoms with Gasteiger partial charge in [-0.25, -0.2) is 13.6 Å². The van der Waals surface area contributed by atoms with E-state index in [1.165, 1.54) is 12.1 Å². The number of primary sulfonamides is 1. The third-order valence-corrected chi connectivity index (χ3v) is 5.73. The van der Waals surface area contributed by atoms with E-state index in [0.717, 1.165) is 12.1 Å². The van der Waals surface area contributed by atoms with Crippen molar-refractivity contribution in [1.82, 2.24) is 0 Å². The van der Waals surface area contributed by atoms with Gasteiger partial charge in [0, 0.05) is 24.4 Å². The Morgan fingerprint density at radius 3 is 2.54 bits per heavy atom. The molecule has 3 rings (SSSR count). The number of nitro benzene ring substituents is 1. The van der Waals surface area contributed by atoms with Crippen molar-refractivity contribution in [2.45, 2.75) is 17.0 Å². The number of benzene rings is 2. The van der Waals surface area contributed by atoms with Crippen LogP contribution in [0.4, 0.5) is 24.5 Å². The van der Waals surface area contributed by atoms with Gasteiger partial charge in [-0.2, -0.15) is 13.2 Å². The number of non-ortho nitro benzene ring substituents is 1. The van der Waals surface area contributed by atoms with Crippen LogP contribution in [0.5, 0.6) is 0 Å². The van der Waals surface area contributed by atoms with Gasteiger partial charge in [-0.05, 0) is 17.0 Å². The fourth-order valence-electron chi connectivity index (χ4n) is 3.35. The van der Waals surface area contributed by atoms with E-state index < -0.39 is 50.1 Å². The molecule has 1 aliphatic heterocycles. The molecule has 1 heterocycles. The zero-order valence-electron chi connectivity index (χ0n) is 13.7. The van der Waals surface area contributed by atoms with Crippen LogP contribution < -0.4 is 10.0 Å². The van der Waals surface area contributed by atoms with Crippen LogP contribution in [-0.2, 0) is 14.8 Å². The Labute approximate surface area is 160 Å². The van der Waals surface area contributed by atoms with Gasteiger partial charge in [0.2, 0.25) is 10.0 Å². The fourth-order valence-corrected chi connectivity index (χ4v) is 4.37. The predicted octanol–water partition coefficient (Wildman–Crippen LogP) is 2.63. The summed E-state index contributed by atoms with van der Waals surface area (Å²) in [5.41, 5.74) is -0.994. The molecule has 0 spiro atoms. The maximum absolute atomic E-state index is 13.0. The Morgan fingerprint density at radius 2 is 2.04 bits per heavy atom. The largest absolute Gasteiger partial charge is 0.471 e. The highest BCUT2D eigenvalue weighted by atomic mass is 35.5. The van der Waals surface area contributed by atoms with Crippen molar-refractivity contribution in [1.29, 1.82) is 0 Å². The van der Waals surface area contributed by atoms with Crippen LogP contribution >= 0.6 is 11.6 Å². The Bertz CT molecular complexity index is 1120. The minimum absolute atomic E-state index is 0.00107. The molecule has 1 aliphatic rings. The van der Waals surface area contributed by atoms with Crippen molar-refractivity contribution >= 4 is 49.7 Å². The number of nitro groups is 1. The van der Waals surface area contributed by atoms with Gasteiger partial charge in [0.15, 0.2) is 0 Å². The van der Waals surface area contributed by atoms with Crippen molar-refractivity contribution in [2.75, 3.05) is 17.3 Å². The molecule has 0 bridgehead atoms. The Kier molecular flexibility index (Phi) is 4.76. The number of hydrogen-bond donors (Lipinski definition) is 1. The highest BCUT2D eigenvalue weighted by Crippen LogP contribution is 2.47. The number of anilines is 1. The Morgan fingerprint density at radius 1 is 1.39 bits per heavy atom. The summed E-state index contributed by atoms with van der Waals surface area (Å²) in [5, 5.41) is 16.3. The Hall–Kier alpha value is -2.44. The van der Waals surface area contributed by atoms with Crippen LogP contribution in [0.25, 0.3) is 10.8 Å². The van der Waals surface area contributed by atoms with Gasteiger partial charge in [0.1, 0.15) is 0 Å². The van der Waals surface area contributed by atoms with Crippen molar-refractivity contribution in [3.05, 3.63) is 39.9 Å². The summed E-state index contributed by atoms with van der Waals surface area (Å²) in [4.78, 5) is 22.2. The van der Waals surface area contributed by atoms with Crippen molar-refractivity contribution in [3.8, 4) is 0 Å². The van der Waals surface area contributed by atoms with Gasteiger partial charge in [-0.15, -0.1) is 11.6 Å². The first-order valence-electron chi connectivity index (χ1n) is 7.59. The average molecular weight is 438 g/mol. The molecule has 2 aromatic rings. The molecule has 8 nitrogen and oxygen atoms in total. The van der Waals surface area contributed by atoms with E-state index in [1.807, 2.05) is 0 Å². The number of fused-ring (bicyclic) bond motifs is 3. The van der Waals surface area contributed by atoms with E-state index >= 15 is 0 Å². The molecule has 1 atom stereocenters. The first-order valence-corrected chi connectivity index (χ1v) is 9.67. The van der Waals surface area contributed by atoms with Crippen molar-refractivity contribution < 1.29 is 31.3 Å². The van der Waals surface area contributed by atoms with Gasteiger partial charge < -0.3 is 4.90 Å². The van der Waals surface area contributed by atoms with Crippen LogP contribution in [0.3, 0.4) is 0 Å². The van der Waals surface area contributed by atoms with Gasteiger partial charge >= 0.3 is 12.1 Å². The second-order valence-electron chi connectivity index (χ2n) is 6.07. The number of alkyl halides is 4. The van der Waals surface area contributed by atoms with Gasteiger partial charge in [0.05, 0.1) is 20.9 Å². The first-order chi connectivity index (χ1) is 12.9. The molecule has 0 saturated heterocycles. The quantitative estimate of drug-likeness (QED) is 0.449. The van der Waals surface area contributed by atoms with E-state index in [0.29, 0.717) is 4.90 Å². The third kappa shape index (κ3) is 3.16. The topological polar surface area (TPSA) is 124 Å². The molecular formula is C15H11ClF3N3O5S. The highest BCUT2D eigenvalue weighted by Gasteiger charge is 2.47. The number of nitrogens with two attached hydrogens (primary N) is 1. The summed E-state index contributed by atoms with van der Waals surface area (Å²) in [6, 6.07) is 4.38. The SMILES string of the molecule is NS(=O)(=O)c1cccc2c3c(cc([N+](=O)[O-])c12)N(C(=O)C(F)(F)F)CC3CCl. The molecule has 2 aromatic carbocycles. The third-order valence-electron chi connectivity index (χ3n) is 4.40. The van der Waals surface area contributed by atoms with Crippen LogP contribution in [0.2, 0.25) is 0 Å². The molecule has 2 N–H and O–H groups in total. The molecule has 0 radical (unpaired) electrons. The lowest BCUT2D eigenvalue weighted by molar-refractivity contribution is -0.383. The standard InChI is InChI=1S/C15H11ClF3N3O5S/c16-5-7-6-21(14(23)15(17,18)19)9-4-10(22(24)25)13-8(12(7)9)2-1-3-11(13)28(20,26)27/h1-4,7H,5-6H2,(H2,20,26,27). The van der Waals surface area contributed by atoms with Gasteiger partial charge in [-0.3, -0.25) is 14.9 Å². The number of rotatable bonds is 3. The van der Waals surface area contributed by atoms with E-state index in [1.54, 1.807) is 0 Å². The summed E-state index contributed by atoms with van der Waals surface area (Å²) in [6.07, 6.45) is -5.20. The molecule has 1 amide bonds. The fraction of sp³-hybridized carbons (Fsp3) is 0.267. The Balaban J connectivity index is 2.45. The molecule has 1 unspecified atom stereocenters. The van der Waals surface area contributed by atoms with E-state index in [9.17, 15) is 36.5 Å². The number of carbonyl (C=O) groups is 1. The van der Waals surface area contributed by atoms with E-state index in [-0.39, 0.29) is 27.9 Å². The summed E-state index contributed by atoms with van der Waals surface area (Å²) in [6.45, 7) is -0.451. The highest BCUT2D eigenvalue weighted by molar-refractivity contribution is 7.89. The zero-order valence-corrected chi connectivity index (χ0v) is 15.3. The molecule has 28 heavy (non-hydrogen) atoms. The van der Waals surface area contributed by atoms with Crippen molar-refractivity contribution in [3.63, 3.8) is 0 Å². The number of hydrogen-bond acceptors (Lipinski definition) is 5. The maximum Gasteiger partial charge on any atom is 0.471 e. The molecule has 0 aromatic heterocycles. The minimum Gasteiger partial charge on any atom is -0.303 e. The zero-order chi connectivity index (χ0) is 21.0. The summed E-state index contributed by atoms with van der Waals surface area (Å²) < 4.78 is 62.7. The molecule has 0 aliphatic carbocycles. The average Bonchev–Trinajstić information content (AvgIpc) is 2.96. The van der Waals surface area contributed by atoms with Crippen LogP contribution in [0.1, 0.15) is 11.5 Å². The number of amides is 1. The van der Waals surface area contributed by atoms with Crippen LogP contribution in [0, 0.1) is 10.1 Å². The summed E-state index contributed by atoms with van der Waals surface area (Å²) in [5.74, 6) is -3.18. The second-order valence-corrected chi connectivity index (χ2v) is 7.91. The van der Waals surface area contributed by atoms with Gasteiger partial charge in [-0.1, -0.05) is 12.1 Å². The normalized spacial score (nSPS) is 17.0. The first kappa shape index (κ1) is 20.3. The maximum atomic E-state index is 13.0. The molecular weight excluding hydrogens is 427 g/mol. The molecule has 150 valence electrons. The lowest BCUT2D eigenvalue weighted by Crippen LogP contribution is -2.40. The van der Waals surface area contributed by atoms with E-state index in [2.05, 4.69) is 0 Å². The monoisotopic (exact) mass is 437 g/mol. The van der Waals surface area contributed by atoms with Gasteiger partial charge in [0.25, 0.3) is 5.69 Å². The van der Waals surface area contributed by atoms with Crippen molar-refractivity contribution in [2.24, 2.45) is 5.14 Å². The second kappa shape index (κ2) is 6.57. The molecule has 13 heteroatoms. The van der Waals surface area contributed by atoms with Crippen LogP contribution in [0.15, 0.2) is 29.2 Å². The smallest absolute Gasteiger partial charge is 0.303 e. The number of nitrogens with zero attached hydrogens (tertiary/aromatic N) is 2. The lowest BCUT2D eigenvalue weighted by atomic mass is 9.95. The minimum atomic E-state index is -5.20. The number of halogens is 4. The number of sulfonamides is 1. The summed E-state index contributed by atoms with van der Waals surface area (Å²) >= 11 is 5.86.